The van der Waals surface area contributed by atoms with Crippen LogP contribution in [0.2, 0.25) is 0 Å². The van der Waals surface area contributed by atoms with Gasteiger partial charge in [-0.3, -0.25) is 0 Å². The largest absolute Gasteiger partial charge is 0.376 e. The third-order valence-electron chi connectivity index (χ3n) is 3.12. The summed E-state index contributed by atoms with van der Waals surface area (Å²) in [6.45, 7) is 4.71. The second-order valence-corrected chi connectivity index (χ2v) is 8.14. The number of hydrogen-bond donors (Lipinski definition) is 1. The summed E-state index contributed by atoms with van der Waals surface area (Å²) >= 11 is 1.51. The maximum atomic E-state index is 11.9. The van der Waals surface area contributed by atoms with Crippen LogP contribution in [0.15, 0.2) is 30.3 Å². The monoisotopic (exact) mass is 340 g/mol. The number of nitrogens with zero attached hydrogens (tertiary/aromatic N) is 1. The fourth-order valence-electron chi connectivity index (χ4n) is 1.79. The van der Waals surface area contributed by atoms with Gasteiger partial charge in [0.25, 0.3) is 0 Å². The van der Waals surface area contributed by atoms with E-state index in [1.54, 1.807) is 0 Å². The zero-order chi connectivity index (χ0) is 16.0. The van der Waals surface area contributed by atoms with Crippen molar-refractivity contribution in [1.29, 1.82) is 0 Å². The van der Waals surface area contributed by atoms with Crippen molar-refractivity contribution >= 4 is 21.4 Å². The van der Waals surface area contributed by atoms with Gasteiger partial charge < -0.3 is 4.74 Å². The Morgan fingerprint density at radius 2 is 1.95 bits per heavy atom. The normalized spacial score (nSPS) is 11.7. The molecule has 0 unspecified atom stereocenters. The molecular weight excluding hydrogens is 320 g/mol. The van der Waals surface area contributed by atoms with E-state index in [1.165, 1.54) is 11.3 Å². The Hall–Kier alpha value is -1.28. The average Bonchev–Trinajstić information content (AvgIpc) is 2.82. The zero-order valence-corrected chi connectivity index (χ0v) is 14.3. The smallest absolute Gasteiger partial charge is 0.214 e. The first-order valence-corrected chi connectivity index (χ1v) is 9.45. The molecule has 0 fully saturated rings. The molecule has 22 heavy (non-hydrogen) atoms. The van der Waals surface area contributed by atoms with Crippen LogP contribution in [0.5, 0.6) is 0 Å². The van der Waals surface area contributed by atoms with Gasteiger partial charge in [0.1, 0.15) is 5.01 Å². The second-order valence-electron chi connectivity index (χ2n) is 4.93. The molecule has 0 aliphatic carbocycles. The highest BCUT2D eigenvalue weighted by atomic mass is 32.2. The average molecular weight is 340 g/mol. The molecule has 2 aromatic rings. The molecule has 0 saturated carbocycles. The van der Waals surface area contributed by atoms with Crippen molar-refractivity contribution in [3.8, 4) is 0 Å². The summed E-state index contributed by atoms with van der Waals surface area (Å²) in [6.07, 6.45) is 0. The van der Waals surface area contributed by atoms with Gasteiger partial charge in [-0.05, 0) is 19.4 Å². The van der Waals surface area contributed by atoms with Gasteiger partial charge in [-0.15, -0.1) is 11.3 Å². The van der Waals surface area contributed by atoms with Crippen molar-refractivity contribution in [2.45, 2.75) is 27.0 Å². The van der Waals surface area contributed by atoms with Gasteiger partial charge in [0.15, 0.2) is 0 Å². The molecule has 0 amide bonds. The lowest BCUT2D eigenvalue weighted by Gasteiger charge is -2.06. The van der Waals surface area contributed by atoms with E-state index in [4.69, 9.17) is 4.74 Å². The van der Waals surface area contributed by atoms with Crippen LogP contribution in [-0.2, 0) is 27.9 Å². The van der Waals surface area contributed by atoms with Crippen molar-refractivity contribution in [2.24, 2.45) is 0 Å². The molecule has 0 saturated heterocycles. The van der Waals surface area contributed by atoms with Gasteiger partial charge in [-0.2, -0.15) is 0 Å². The molecule has 0 aliphatic heterocycles. The topological polar surface area (TPSA) is 68.3 Å². The Morgan fingerprint density at radius 1 is 1.23 bits per heavy atom. The fourth-order valence-corrected chi connectivity index (χ4v) is 3.59. The van der Waals surface area contributed by atoms with Crippen molar-refractivity contribution in [3.63, 3.8) is 0 Å². The van der Waals surface area contributed by atoms with Crippen LogP contribution in [0.25, 0.3) is 0 Å². The summed E-state index contributed by atoms with van der Waals surface area (Å²) in [7, 11) is -3.35. The predicted octanol–water partition coefficient (Wildman–Crippen LogP) is 2.40. The van der Waals surface area contributed by atoms with Gasteiger partial charge >= 0.3 is 0 Å². The molecule has 0 spiro atoms. The molecular formula is C15H20N2O3S2. The molecule has 0 bridgehead atoms. The Bertz CT molecular complexity index is 677. The third-order valence-corrected chi connectivity index (χ3v) is 5.49. The van der Waals surface area contributed by atoms with Crippen molar-refractivity contribution in [2.75, 3.05) is 12.4 Å². The molecule has 120 valence electrons. The van der Waals surface area contributed by atoms with Crippen molar-refractivity contribution in [1.82, 2.24) is 9.71 Å². The lowest BCUT2D eigenvalue weighted by atomic mass is 10.2. The predicted molar refractivity (Wildman–Crippen MR) is 88.3 cm³/mol. The summed E-state index contributed by atoms with van der Waals surface area (Å²) in [5.41, 5.74) is 1.98. The summed E-state index contributed by atoms with van der Waals surface area (Å²) in [4.78, 5) is 5.42. The molecule has 2 rings (SSSR count). The molecule has 7 heteroatoms. The number of rotatable bonds is 8. The first-order valence-electron chi connectivity index (χ1n) is 6.98. The lowest BCUT2D eigenvalue weighted by molar-refractivity contribution is 0.135. The van der Waals surface area contributed by atoms with E-state index in [-0.39, 0.29) is 18.9 Å². The number of aryl methyl sites for hydroxylation is 2. The Balaban J connectivity index is 1.72. The maximum absolute atomic E-state index is 11.9. The van der Waals surface area contributed by atoms with Gasteiger partial charge in [0, 0.05) is 4.88 Å². The summed E-state index contributed by atoms with van der Waals surface area (Å²) in [6, 6.07) is 9.67. The summed E-state index contributed by atoms with van der Waals surface area (Å²) < 4.78 is 31.7. The highest BCUT2D eigenvalue weighted by molar-refractivity contribution is 7.89. The van der Waals surface area contributed by atoms with E-state index in [0.29, 0.717) is 6.61 Å². The minimum absolute atomic E-state index is 0.0524. The van der Waals surface area contributed by atoms with E-state index in [1.807, 2.05) is 44.2 Å². The van der Waals surface area contributed by atoms with Gasteiger partial charge in [-0.25, -0.2) is 18.1 Å². The minimum atomic E-state index is -3.35. The zero-order valence-electron chi connectivity index (χ0n) is 12.7. The van der Waals surface area contributed by atoms with Crippen LogP contribution in [-0.4, -0.2) is 25.8 Å². The van der Waals surface area contributed by atoms with E-state index in [9.17, 15) is 8.42 Å². The Kier molecular flexibility index (Phi) is 6.07. The van der Waals surface area contributed by atoms with Crippen molar-refractivity contribution in [3.05, 3.63) is 51.5 Å². The Labute approximate surface area is 135 Å². The SMILES string of the molecule is Cc1nc(CNS(=O)(=O)CCOCc2ccccc2)sc1C. The first-order chi connectivity index (χ1) is 10.5. The standard InChI is InChI=1S/C15H20N2O3S2/c1-12-13(2)21-15(17-12)10-16-22(18,19)9-8-20-11-14-6-4-3-5-7-14/h3-7,16H,8-11H2,1-2H3. The van der Waals surface area contributed by atoms with Crippen LogP contribution in [0.1, 0.15) is 21.1 Å². The van der Waals surface area contributed by atoms with Gasteiger partial charge in [0.05, 0.1) is 31.2 Å². The van der Waals surface area contributed by atoms with E-state index in [0.717, 1.165) is 21.1 Å². The fraction of sp³-hybridized carbons (Fsp3) is 0.400. The number of benzene rings is 1. The van der Waals surface area contributed by atoms with Crippen LogP contribution < -0.4 is 4.72 Å². The molecule has 5 nitrogen and oxygen atoms in total. The minimum Gasteiger partial charge on any atom is -0.376 e. The van der Waals surface area contributed by atoms with E-state index in [2.05, 4.69) is 9.71 Å². The highest BCUT2D eigenvalue weighted by Gasteiger charge is 2.12. The highest BCUT2D eigenvalue weighted by Crippen LogP contribution is 2.16. The molecule has 0 aliphatic rings. The first kappa shape index (κ1) is 17.1. The van der Waals surface area contributed by atoms with Crippen LogP contribution >= 0.6 is 11.3 Å². The van der Waals surface area contributed by atoms with E-state index < -0.39 is 10.0 Å². The Morgan fingerprint density at radius 3 is 2.59 bits per heavy atom. The summed E-state index contributed by atoms with van der Waals surface area (Å²) in [5, 5.41) is 0.781. The van der Waals surface area contributed by atoms with Crippen LogP contribution in [0.3, 0.4) is 0 Å². The maximum Gasteiger partial charge on any atom is 0.214 e. The van der Waals surface area contributed by atoms with Gasteiger partial charge in [-0.1, -0.05) is 30.3 Å². The molecule has 0 radical (unpaired) electrons. The number of nitrogens with one attached hydrogen (secondary N) is 1. The van der Waals surface area contributed by atoms with Crippen LogP contribution in [0, 0.1) is 13.8 Å². The number of sulfonamides is 1. The van der Waals surface area contributed by atoms with Gasteiger partial charge in [0.2, 0.25) is 10.0 Å². The molecule has 1 N–H and O–H groups in total. The number of aromatic nitrogens is 1. The summed E-state index contributed by atoms with van der Waals surface area (Å²) in [5.74, 6) is -0.0524. The van der Waals surface area contributed by atoms with Crippen LogP contribution in [0.4, 0.5) is 0 Å². The third kappa shape index (κ3) is 5.49. The van der Waals surface area contributed by atoms with Crippen molar-refractivity contribution < 1.29 is 13.2 Å². The lowest BCUT2D eigenvalue weighted by Crippen LogP contribution is -2.28. The second kappa shape index (κ2) is 7.82. The quantitative estimate of drug-likeness (QED) is 0.749. The number of ether oxygens (including phenoxy) is 1. The molecule has 1 aromatic carbocycles. The molecule has 0 atom stereocenters. The molecule has 1 aromatic heterocycles. The van der Waals surface area contributed by atoms with E-state index >= 15 is 0 Å². The number of hydrogen-bond acceptors (Lipinski definition) is 5. The number of thiazole rings is 1. The molecule has 1 heterocycles.